The molecule has 0 atom stereocenters. The zero-order valence-corrected chi connectivity index (χ0v) is 12.1. The Balaban J connectivity index is 2.88. The van der Waals surface area contributed by atoms with Crippen molar-refractivity contribution < 1.29 is 4.79 Å². The third-order valence-corrected chi connectivity index (χ3v) is 3.53. The molecule has 106 valence electrons. The molecule has 0 fully saturated rings. The van der Waals surface area contributed by atoms with E-state index in [4.69, 9.17) is 11.5 Å². The van der Waals surface area contributed by atoms with Crippen molar-refractivity contribution in [3.63, 3.8) is 0 Å². The van der Waals surface area contributed by atoms with Crippen LogP contribution in [0.2, 0.25) is 0 Å². The Morgan fingerprint density at radius 2 is 1.63 bits per heavy atom. The van der Waals surface area contributed by atoms with Crippen LogP contribution < -0.4 is 11.5 Å². The van der Waals surface area contributed by atoms with Crippen molar-refractivity contribution in [3.05, 3.63) is 23.8 Å². The predicted octanol–water partition coefficient (Wildman–Crippen LogP) is 2.75. The van der Waals surface area contributed by atoms with Gasteiger partial charge in [-0.25, -0.2) is 0 Å². The predicted molar refractivity (Wildman–Crippen MR) is 80.9 cm³/mol. The van der Waals surface area contributed by atoms with Gasteiger partial charge in [-0.05, 0) is 31.0 Å². The van der Waals surface area contributed by atoms with Gasteiger partial charge in [0.1, 0.15) is 0 Å². The molecule has 0 radical (unpaired) electrons. The second-order valence-electron chi connectivity index (χ2n) is 4.91. The van der Waals surface area contributed by atoms with E-state index < -0.39 is 0 Å². The number of amides is 1. The van der Waals surface area contributed by atoms with Crippen molar-refractivity contribution >= 4 is 17.3 Å². The first-order valence-corrected chi connectivity index (χ1v) is 6.97. The molecule has 0 heterocycles. The molecule has 0 unspecified atom stereocenters. The zero-order chi connectivity index (χ0) is 14.4. The maximum absolute atomic E-state index is 12.5. The second-order valence-corrected chi connectivity index (χ2v) is 4.91. The number of nitrogens with two attached hydrogens (primary N) is 2. The summed E-state index contributed by atoms with van der Waals surface area (Å²) < 4.78 is 0. The number of rotatable bonds is 6. The molecule has 0 aliphatic rings. The first-order chi connectivity index (χ1) is 9.01. The average Bonchev–Trinajstić information content (AvgIpc) is 2.38. The number of anilines is 2. The third-order valence-electron chi connectivity index (χ3n) is 3.53. The second kappa shape index (κ2) is 7.02. The monoisotopic (exact) mass is 263 g/mol. The zero-order valence-electron chi connectivity index (χ0n) is 12.1. The van der Waals surface area contributed by atoms with E-state index in [1.165, 1.54) is 0 Å². The van der Waals surface area contributed by atoms with Crippen LogP contribution in [0.4, 0.5) is 11.4 Å². The highest BCUT2D eigenvalue weighted by Crippen LogP contribution is 2.17. The van der Waals surface area contributed by atoms with Crippen LogP contribution >= 0.6 is 0 Å². The SMILES string of the molecule is CCC(CC)CN(CC)C(=O)c1cc(N)cc(N)c1. The first kappa shape index (κ1) is 15.3. The molecule has 1 aromatic rings. The van der Waals surface area contributed by atoms with Gasteiger partial charge in [-0.3, -0.25) is 4.79 Å². The lowest BCUT2D eigenvalue weighted by atomic mass is 10.0. The van der Waals surface area contributed by atoms with Gasteiger partial charge in [-0.2, -0.15) is 0 Å². The Hall–Kier alpha value is -1.71. The van der Waals surface area contributed by atoms with Crippen LogP contribution in [0.1, 0.15) is 44.0 Å². The summed E-state index contributed by atoms with van der Waals surface area (Å²) in [5, 5.41) is 0. The fraction of sp³-hybridized carbons (Fsp3) is 0.533. The molecule has 0 aliphatic carbocycles. The van der Waals surface area contributed by atoms with E-state index in [1.807, 2.05) is 11.8 Å². The summed E-state index contributed by atoms with van der Waals surface area (Å²) in [6.45, 7) is 7.80. The molecule has 0 aromatic heterocycles. The minimum Gasteiger partial charge on any atom is -0.399 e. The van der Waals surface area contributed by atoms with Gasteiger partial charge in [-0.1, -0.05) is 26.7 Å². The fourth-order valence-corrected chi connectivity index (χ4v) is 2.20. The number of carbonyl (C=O) groups is 1. The Labute approximate surface area is 115 Å². The quantitative estimate of drug-likeness (QED) is 0.775. The van der Waals surface area contributed by atoms with E-state index in [9.17, 15) is 4.79 Å². The minimum absolute atomic E-state index is 0.00778. The average molecular weight is 263 g/mol. The smallest absolute Gasteiger partial charge is 0.254 e. The highest BCUT2D eigenvalue weighted by Gasteiger charge is 2.18. The van der Waals surface area contributed by atoms with Crippen LogP contribution in [0.5, 0.6) is 0 Å². The molecule has 0 saturated carbocycles. The lowest BCUT2D eigenvalue weighted by molar-refractivity contribution is 0.0735. The molecular weight excluding hydrogens is 238 g/mol. The summed E-state index contributed by atoms with van der Waals surface area (Å²) in [7, 11) is 0. The van der Waals surface area contributed by atoms with Gasteiger partial charge in [0, 0.05) is 30.0 Å². The van der Waals surface area contributed by atoms with Crippen LogP contribution in [-0.2, 0) is 0 Å². The number of nitrogens with zero attached hydrogens (tertiary/aromatic N) is 1. The molecule has 1 rings (SSSR count). The normalized spacial score (nSPS) is 10.7. The summed E-state index contributed by atoms with van der Waals surface area (Å²) in [5.41, 5.74) is 13.1. The maximum atomic E-state index is 12.5. The van der Waals surface area contributed by atoms with Crippen LogP contribution in [0.3, 0.4) is 0 Å². The van der Waals surface area contributed by atoms with Crippen molar-refractivity contribution in [1.29, 1.82) is 0 Å². The largest absolute Gasteiger partial charge is 0.399 e. The van der Waals surface area contributed by atoms with Gasteiger partial charge in [0.05, 0.1) is 0 Å². The standard InChI is InChI=1S/C15H25N3O/c1-4-11(5-2)10-18(6-3)15(19)12-7-13(16)9-14(17)8-12/h7-9,11H,4-6,10,16-17H2,1-3H3. The topological polar surface area (TPSA) is 72.3 Å². The number of benzene rings is 1. The summed E-state index contributed by atoms with van der Waals surface area (Å²) in [6, 6.07) is 5.04. The van der Waals surface area contributed by atoms with Crippen LogP contribution in [0, 0.1) is 5.92 Å². The minimum atomic E-state index is 0.00778. The Morgan fingerprint density at radius 1 is 1.11 bits per heavy atom. The summed E-state index contributed by atoms with van der Waals surface area (Å²) in [6.07, 6.45) is 2.17. The van der Waals surface area contributed by atoms with Crippen LogP contribution in [-0.4, -0.2) is 23.9 Å². The van der Waals surface area contributed by atoms with E-state index in [2.05, 4.69) is 13.8 Å². The molecule has 4 N–H and O–H groups in total. The van der Waals surface area contributed by atoms with E-state index in [0.717, 1.165) is 19.4 Å². The Kier molecular flexibility index (Phi) is 5.67. The molecular formula is C15H25N3O. The molecule has 0 aliphatic heterocycles. The summed E-state index contributed by atoms with van der Waals surface area (Å²) >= 11 is 0. The third kappa shape index (κ3) is 4.16. The van der Waals surface area contributed by atoms with Gasteiger partial charge in [0.15, 0.2) is 0 Å². The Morgan fingerprint density at radius 3 is 2.05 bits per heavy atom. The highest BCUT2D eigenvalue weighted by atomic mass is 16.2. The van der Waals surface area contributed by atoms with Gasteiger partial charge in [0.2, 0.25) is 0 Å². The van der Waals surface area contributed by atoms with Gasteiger partial charge < -0.3 is 16.4 Å². The molecule has 19 heavy (non-hydrogen) atoms. The number of hydrogen-bond donors (Lipinski definition) is 2. The molecule has 1 amide bonds. The maximum Gasteiger partial charge on any atom is 0.254 e. The molecule has 4 nitrogen and oxygen atoms in total. The van der Waals surface area contributed by atoms with E-state index in [-0.39, 0.29) is 5.91 Å². The van der Waals surface area contributed by atoms with Gasteiger partial charge in [0.25, 0.3) is 5.91 Å². The lowest BCUT2D eigenvalue weighted by Crippen LogP contribution is -2.35. The van der Waals surface area contributed by atoms with Gasteiger partial charge >= 0.3 is 0 Å². The Bertz CT molecular complexity index is 407. The number of hydrogen-bond acceptors (Lipinski definition) is 3. The van der Waals surface area contributed by atoms with Gasteiger partial charge in [-0.15, -0.1) is 0 Å². The van der Waals surface area contributed by atoms with Crippen molar-refractivity contribution in [2.45, 2.75) is 33.6 Å². The summed E-state index contributed by atoms with van der Waals surface area (Å²) in [4.78, 5) is 14.3. The molecule has 0 bridgehead atoms. The van der Waals surface area contributed by atoms with E-state index in [0.29, 0.717) is 29.4 Å². The first-order valence-electron chi connectivity index (χ1n) is 6.97. The van der Waals surface area contributed by atoms with Crippen LogP contribution in [0.15, 0.2) is 18.2 Å². The molecule has 4 heteroatoms. The van der Waals surface area contributed by atoms with Crippen molar-refractivity contribution in [2.75, 3.05) is 24.6 Å². The molecule has 0 saturated heterocycles. The van der Waals surface area contributed by atoms with Crippen LogP contribution in [0.25, 0.3) is 0 Å². The highest BCUT2D eigenvalue weighted by molar-refractivity contribution is 5.96. The molecule has 1 aromatic carbocycles. The fourth-order valence-electron chi connectivity index (χ4n) is 2.20. The van der Waals surface area contributed by atoms with E-state index >= 15 is 0 Å². The van der Waals surface area contributed by atoms with Crippen molar-refractivity contribution in [3.8, 4) is 0 Å². The lowest BCUT2D eigenvalue weighted by Gasteiger charge is -2.25. The number of carbonyl (C=O) groups excluding carboxylic acids is 1. The van der Waals surface area contributed by atoms with Crippen molar-refractivity contribution in [2.24, 2.45) is 5.92 Å². The number of nitrogen functional groups attached to an aromatic ring is 2. The molecule has 0 spiro atoms. The summed E-state index contributed by atoms with van der Waals surface area (Å²) in [5.74, 6) is 0.552. The van der Waals surface area contributed by atoms with E-state index in [1.54, 1.807) is 18.2 Å². The van der Waals surface area contributed by atoms with Crippen molar-refractivity contribution in [1.82, 2.24) is 4.90 Å².